The van der Waals surface area contributed by atoms with Gasteiger partial charge in [0.15, 0.2) is 5.58 Å². The van der Waals surface area contributed by atoms with Crippen LogP contribution in [0.4, 0.5) is 17.1 Å². The predicted octanol–water partition coefficient (Wildman–Crippen LogP) is 9.78. The lowest BCUT2D eigenvalue weighted by Crippen LogP contribution is -2.09. The molecule has 38 heavy (non-hydrogen) atoms. The number of benzene rings is 6. The van der Waals surface area contributed by atoms with E-state index in [1.54, 1.807) is 0 Å². The minimum absolute atomic E-state index is 0.628. The first-order chi connectivity index (χ1) is 18.8. The van der Waals surface area contributed by atoms with E-state index in [2.05, 4.69) is 125 Å². The van der Waals surface area contributed by atoms with Crippen molar-refractivity contribution in [1.29, 1.82) is 0 Å². The molecule has 0 aliphatic heterocycles. The topological polar surface area (TPSA) is 29.3 Å². The number of hydrogen-bond donors (Lipinski definition) is 0. The normalized spacial score (nSPS) is 11.2. The van der Waals surface area contributed by atoms with Crippen LogP contribution in [-0.2, 0) is 0 Å². The highest BCUT2D eigenvalue weighted by molar-refractivity contribution is 5.97. The largest absolute Gasteiger partial charge is 0.436 e. The number of aromatic nitrogens is 1. The Morgan fingerprint density at radius 1 is 0.474 bits per heavy atom. The average Bonchev–Trinajstić information content (AvgIpc) is 3.43. The van der Waals surface area contributed by atoms with Crippen molar-refractivity contribution in [1.82, 2.24) is 4.98 Å². The van der Waals surface area contributed by atoms with Gasteiger partial charge in [-0.3, -0.25) is 0 Å². The molecule has 0 bridgehead atoms. The highest BCUT2D eigenvalue weighted by Crippen LogP contribution is 2.37. The van der Waals surface area contributed by atoms with Crippen LogP contribution in [0.3, 0.4) is 0 Å². The van der Waals surface area contributed by atoms with Gasteiger partial charge in [-0.25, -0.2) is 4.98 Å². The molecule has 0 saturated heterocycles. The molecule has 0 radical (unpaired) electrons. The molecule has 0 atom stereocenters. The lowest BCUT2D eigenvalue weighted by atomic mass is 9.98. The van der Waals surface area contributed by atoms with Crippen LogP contribution in [0.2, 0.25) is 0 Å². The van der Waals surface area contributed by atoms with Gasteiger partial charge in [0.05, 0.1) is 0 Å². The first-order valence-corrected chi connectivity index (χ1v) is 12.7. The van der Waals surface area contributed by atoms with E-state index in [9.17, 15) is 0 Å². The SMILES string of the molecule is c1ccc(N(c2ccc(-c3nc4ccccc4o3)cc2)c2ccc(-c3cccc4ccccc34)cc2)cc1. The third-order valence-corrected chi connectivity index (χ3v) is 6.91. The Balaban J connectivity index is 1.26. The molecule has 0 unspecified atom stereocenters. The molecule has 1 aromatic heterocycles. The molecule has 0 aliphatic rings. The quantitative estimate of drug-likeness (QED) is 0.241. The molecule has 180 valence electrons. The fourth-order valence-electron chi connectivity index (χ4n) is 5.04. The summed E-state index contributed by atoms with van der Waals surface area (Å²) in [7, 11) is 0. The molecule has 6 aromatic carbocycles. The number of oxazole rings is 1. The van der Waals surface area contributed by atoms with Gasteiger partial charge in [0.1, 0.15) is 5.52 Å². The third-order valence-electron chi connectivity index (χ3n) is 6.91. The molecule has 7 rings (SSSR count). The number of nitrogens with zero attached hydrogens (tertiary/aromatic N) is 2. The van der Waals surface area contributed by atoms with Crippen LogP contribution < -0.4 is 4.90 Å². The second-order valence-corrected chi connectivity index (χ2v) is 9.28. The Morgan fingerprint density at radius 2 is 1.08 bits per heavy atom. The lowest BCUT2D eigenvalue weighted by molar-refractivity contribution is 0.620. The molecular weight excluding hydrogens is 464 g/mol. The van der Waals surface area contributed by atoms with Gasteiger partial charge in [-0.15, -0.1) is 0 Å². The van der Waals surface area contributed by atoms with E-state index >= 15 is 0 Å². The average molecular weight is 489 g/mol. The summed E-state index contributed by atoms with van der Waals surface area (Å²) in [5, 5.41) is 2.51. The summed E-state index contributed by atoms with van der Waals surface area (Å²) in [5.74, 6) is 0.628. The van der Waals surface area contributed by atoms with E-state index in [1.807, 2.05) is 30.3 Å². The van der Waals surface area contributed by atoms with Crippen molar-refractivity contribution in [3.63, 3.8) is 0 Å². The Bertz CT molecular complexity index is 1810. The first-order valence-electron chi connectivity index (χ1n) is 12.7. The van der Waals surface area contributed by atoms with Crippen molar-refractivity contribution in [3.8, 4) is 22.6 Å². The number of fused-ring (bicyclic) bond motifs is 2. The number of anilines is 3. The van der Waals surface area contributed by atoms with Crippen molar-refractivity contribution < 1.29 is 4.42 Å². The Kier molecular flexibility index (Phi) is 5.45. The van der Waals surface area contributed by atoms with Crippen molar-refractivity contribution in [2.24, 2.45) is 0 Å². The van der Waals surface area contributed by atoms with Gasteiger partial charge in [0.2, 0.25) is 5.89 Å². The Hall–Kier alpha value is -5.15. The molecule has 3 nitrogen and oxygen atoms in total. The molecule has 7 aromatic rings. The van der Waals surface area contributed by atoms with Crippen LogP contribution in [-0.4, -0.2) is 4.98 Å². The van der Waals surface area contributed by atoms with Crippen molar-refractivity contribution in [2.45, 2.75) is 0 Å². The summed E-state index contributed by atoms with van der Waals surface area (Å²) in [4.78, 5) is 6.92. The van der Waals surface area contributed by atoms with Crippen LogP contribution in [0.1, 0.15) is 0 Å². The highest BCUT2D eigenvalue weighted by Gasteiger charge is 2.14. The zero-order valence-electron chi connectivity index (χ0n) is 20.7. The van der Waals surface area contributed by atoms with Gasteiger partial charge in [-0.1, -0.05) is 84.9 Å². The van der Waals surface area contributed by atoms with Crippen LogP contribution >= 0.6 is 0 Å². The van der Waals surface area contributed by atoms with E-state index < -0.39 is 0 Å². The van der Waals surface area contributed by atoms with Crippen molar-refractivity contribution in [2.75, 3.05) is 4.90 Å². The zero-order chi connectivity index (χ0) is 25.3. The molecule has 1 heterocycles. The second-order valence-electron chi connectivity index (χ2n) is 9.28. The predicted molar refractivity (Wildman–Crippen MR) is 157 cm³/mol. The van der Waals surface area contributed by atoms with Crippen LogP contribution in [0.15, 0.2) is 150 Å². The molecule has 3 heteroatoms. The maximum Gasteiger partial charge on any atom is 0.227 e. The van der Waals surface area contributed by atoms with Crippen LogP contribution in [0, 0.1) is 0 Å². The summed E-state index contributed by atoms with van der Waals surface area (Å²) in [6.07, 6.45) is 0. The van der Waals surface area contributed by atoms with Crippen LogP contribution in [0.25, 0.3) is 44.5 Å². The van der Waals surface area contributed by atoms with Gasteiger partial charge >= 0.3 is 0 Å². The standard InChI is InChI=1S/C35H24N2O/c1-2-11-28(12-3-1)37(30-23-19-27(20-24-30)35-36-33-15-6-7-16-34(33)38-35)29-21-17-26(18-22-29)32-14-8-10-25-9-4-5-13-31(25)32/h1-24H. The number of para-hydroxylation sites is 3. The third kappa shape index (κ3) is 4.00. The van der Waals surface area contributed by atoms with Gasteiger partial charge in [0, 0.05) is 22.6 Å². The highest BCUT2D eigenvalue weighted by atomic mass is 16.3. The summed E-state index contributed by atoms with van der Waals surface area (Å²) in [6.45, 7) is 0. The Morgan fingerprint density at radius 3 is 1.84 bits per heavy atom. The van der Waals surface area contributed by atoms with Gasteiger partial charge < -0.3 is 9.32 Å². The number of hydrogen-bond acceptors (Lipinski definition) is 3. The molecule has 0 N–H and O–H groups in total. The maximum absolute atomic E-state index is 5.98. The summed E-state index contributed by atoms with van der Waals surface area (Å²) < 4.78 is 5.98. The maximum atomic E-state index is 5.98. The minimum atomic E-state index is 0.628. The van der Waals surface area contributed by atoms with E-state index in [0.717, 1.165) is 33.7 Å². The monoisotopic (exact) mass is 488 g/mol. The molecule has 0 fully saturated rings. The van der Waals surface area contributed by atoms with Gasteiger partial charge in [-0.05, 0) is 82.6 Å². The van der Waals surface area contributed by atoms with Crippen molar-refractivity contribution >= 4 is 38.9 Å². The fraction of sp³-hybridized carbons (Fsp3) is 0. The smallest absolute Gasteiger partial charge is 0.227 e. The minimum Gasteiger partial charge on any atom is -0.436 e. The molecule has 0 spiro atoms. The van der Waals surface area contributed by atoms with Gasteiger partial charge in [0.25, 0.3) is 0 Å². The first kappa shape index (κ1) is 22.1. The van der Waals surface area contributed by atoms with E-state index in [-0.39, 0.29) is 0 Å². The van der Waals surface area contributed by atoms with E-state index in [0.29, 0.717) is 5.89 Å². The molecular formula is C35H24N2O. The second kappa shape index (κ2) is 9.38. The summed E-state index contributed by atoms with van der Waals surface area (Å²) in [5.41, 5.74) is 8.30. The fourth-order valence-corrected chi connectivity index (χ4v) is 5.04. The summed E-state index contributed by atoms with van der Waals surface area (Å²) >= 11 is 0. The number of rotatable bonds is 5. The molecule has 0 amide bonds. The molecule has 0 saturated carbocycles. The van der Waals surface area contributed by atoms with Crippen molar-refractivity contribution in [3.05, 3.63) is 146 Å². The summed E-state index contributed by atoms with van der Waals surface area (Å²) in [6, 6.07) is 50.5. The zero-order valence-corrected chi connectivity index (χ0v) is 20.7. The Labute approximate surface area is 221 Å². The molecule has 0 aliphatic carbocycles. The lowest BCUT2D eigenvalue weighted by Gasteiger charge is -2.25. The van der Waals surface area contributed by atoms with Gasteiger partial charge in [-0.2, -0.15) is 0 Å². The van der Waals surface area contributed by atoms with E-state index in [4.69, 9.17) is 4.42 Å². The van der Waals surface area contributed by atoms with Crippen LogP contribution in [0.5, 0.6) is 0 Å². The van der Waals surface area contributed by atoms with E-state index in [1.165, 1.54) is 21.9 Å².